The van der Waals surface area contributed by atoms with Crippen LogP contribution in [0.3, 0.4) is 0 Å². The van der Waals surface area contributed by atoms with E-state index >= 15 is 0 Å². The van der Waals surface area contributed by atoms with Crippen molar-refractivity contribution in [2.45, 2.75) is 44.4 Å². The molecule has 0 N–H and O–H groups in total. The molecule has 7 aromatic carbocycles. The van der Waals surface area contributed by atoms with Gasteiger partial charge in [0.25, 0.3) is 0 Å². The first-order chi connectivity index (χ1) is 27.1. The molecule has 0 unspecified atom stereocenters. The maximum atomic E-state index is 2.56. The molecule has 8 aromatic rings. The fourth-order valence-corrected chi connectivity index (χ4v) is 13.4. The van der Waals surface area contributed by atoms with Crippen LogP contribution in [0.5, 0.6) is 0 Å². The van der Waals surface area contributed by atoms with E-state index in [-0.39, 0.29) is 5.41 Å². The van der Waals surface area contributed by atoms with Crippen molar-refractivity contribution in [2.75, 3.05) is 4.90 Å². The van der Waals surface area contributed by atoms with Crippen molar-refractivity contribution < 1.29 is 0 Å². The molecule has 1 heterocycles. The van der Waals surface area contributed by atoms with E-state index in [9.17, 15) is 0 Å². The zero-order valence-corrected chi connectivity index (χ0v) is 32.0. The van der Waals surface area contributed by atoms with E-state index in [1.165, 1.54) is 103 Å². The molecule has 4 fully saturated rings. The van der Waals surface area contributed by atoms with Gasteiger partial charge in [-0.2, -0.15) is 0 Å². The summed E-state index contributed by atoms with van der Waals surface area (Å²) in [7, 11) is 0. The Kier molecular flexibility index (Phi) is 6.97. The number of benzene rings is 7. The molecule has 1 nitrogen and oxygen atoms in total. The van der Waals surface area contributed by atoms with Crippen LogP contribution in [0.25, 0.3) is 53.6 Å². The number of anilines is 3. The summed E-state index contributed by atoms with van der Waals surface area (Å²) in [6, 6.07) is 59.6. The standard InChI is InChI=1S/C53H43NS/c1-33-26-42(54(41-21-18-37(19-22-41)36-10-3-2-4-11-36)50-16-9-14-46-45-13-6-8-17-51(45)55-52(46)50)23-24-43(33)38-20-25-49-47(32-38)44-12-5-7-15-48(44)53(49)39-28-34-27-35(30-39)31-40(53)29-34/h2-26,32,34-35,39-40H,27-31H2,1H3. The molecular weight excluding hydrogens is 683 g/mol. The Morgan fingerprint density at radius 2 is 1.15 bits per heavy atom. The number of thiophene rings is 1. The summed E-state index contributed by atoms with van der Waals surface area (Å²) in [6.45, 7) is 2.30. The number of hydrogen-bond donors (Lipinski definition) is 0. The van der Waals surface area contributed by atoms with Gasteiger partial charge in [-0.3, -0.25) is 0 Å². The van der Waals surface area contributed by atoms with E-state index < -0.39 is 0 Å². The van der Waals surface area contributed by atoms with Gasteiger partial charge in [0.05, 0.1) is 10.4 Å². The second-order valence-electron chi connectivity index (χ2n) is 17.0. The van der Waals surface area contributed by atoms with E-state index in [1.807, 2.05) is 11.3 Å². The topological polar surface area (TPSA) is 3.24 Å². The van der Waals surface area contributed by atoms with Gasteiger partial charge in [0.15, 0.2) is 0 Å². The van der Waals surface area contributed by atoms with Crippen molar-refractivity contribution in [3.63, 3.8) is 0 Å². The summed E-state index contributed by atoms with van der Waals surface area (Å²) in [6.07, 6.45) is 7.17. The predicted octanol–water partition coefficient (Wildman–Crippen LogP) is 14.9. The van der Waals surface area contributed by atoms with E-state index in [4.69, 9.17) is 0 Å². The van der Waals surface area contributed by atoms with E-state index in [2.05, 4.69) is 170 Å². The molecule has 0 aliphatic heterocycles. The first kappa shape index (κ1) is 31.9. The third-order valence-corrected chi connectivity index (χ3v) is 15.4. The summed E-state index contributed by atoms with van der Waals surface area (Å²) in [5, 5.41) is 2.64. The van der Waals surface area contributed by atoms with Crippen molar-refractivity contribution in [3.05, 3.63) is 174 Å². The fourth-order valence-electron chi connectivity index (χ4n) is 12.2. The lowest BCUT2D eigenvalue weighted by Gasteiger charge is -2.61. The lowest BCUT2D eigenvalue weighted by atomic mass is 9.43. The highest BCUT2D eigenvalue weighted by molar-refractivity contribution is 7.26. The molecule has 0 radical (unpaired) electrons. The minimum atomic E-state index is 0.209. The first-order valence-corrected chi connectivity index (χ1v) is 21.2. The van der Waals surface area contributed by atoms with Crippen molar-refractivity contribution in [3.8, 4) is 33.4 Å². The van der Waals surface area contributed by atoms with Crippen LogP contribution in [0.2, 0.25) is 0 Å². The van der Waals surface area contributed by atoms with Crippen molar-refractivity contribution in [1.82, 2.24) is 0 Å². The van der Waals surface area contributed by atoms with E-state index in [0.717, 1.165) is 29.4 Å². The van der Waals surface area contributed by atoms with E-state index in [1.54, 1.807) is 11.1 Å². The Labute approximate surface area is 327 Å². The first-order valence-electron chi connectivity index (χ1n) is 20.3. The SMILES string of the molecule is Cc1cc(N(c2ccc(-c3ccccc3)cc2)c2cccc3c2sc2ccccc23)ccc1-c1ccc2c(c1)-c1ccccc1C21C2CC3CC(C2)CC1C3. The van der Waals surface area contributed by atoms with Crippen molar-refractivity contribution >= 4 is 48.6 Å². The Morgan fingerprint density at radius 3 is 1.95 bits per heavy atom. The van der Waals surface area contributed by atoms with Gasteiger partial charge < -0.3 is 4.90 Å². The number of hydrogen-bond acceptors (Lipinski definition) is 2. The highest BCUT2D eigenvalue weighted by atomic mass is 32.1. The van der Waals surface area contributed by atoms with Gasteiger partial charge in [-0.15, -0.1) is 11.3 Å². The lowest BCUT2D eigenvalue weighted by Crippen LogP contribution is -2.55. The van der Waals surface area contributed by atoms with Crippen LogP contribution >= 0.6 is 11.3 Å². The summed E-state index contributed by atoms with van der Waals surface area (Å²) in [5.74, 6) is 3.49. The van der Waals surface area contributed by atoms with Gasteiger partial charge in [0, 0.05) is 32.3 Å². The van der Waals surface area contributed by atoms with Crippen LogP contribution in [-0.4, -0.2) is 0 Å². The van der Waals surface area contributed by atoms with Crippen LogP contribution < -0.4 is 4.90 Å². The predicted molar refractivity (Wildman–Crippen MR) is 233 cm³/mol. The Balaban J connectivity index is 0.978. The molecule has 2 heteroatoms. The molecule has 266 valence electrons. The Morgan fingerprint density at radius 1 is 0.491 bits per heavy atom. The van der Waals surface area contributed by atoms with Gasteiger partial charge in [-0.25, -0.2) is 0 Å². The molecule has 1 spiro atoms. The molecule has 13 rings (SSSR count). The molecule has 0 amide bonds. The Hall–Kier alpha value is -5.44. The molecule has 5 aliphatic carbocycles. The number of rotatable bonds is 5. The third-order valence-electron chi connectivity index (χ3n) is 14.2. The van der Waals surface area contributed by atoms with Crippen LogP contribution in [0.15, 0.2) is 158 Å². The van der Waals surface area contributed by atoms with Gasteiger partial charge in [0.1, 0.15) is 0 Å². The molecule has 1 aromatic heterocycles. The highest BCUT2D eigenvalue weighted by Gasteiger charge is 2.61. The van der Waals surface area contributed by atoms with E-state index in [0.29, 0.717) is 0 Å². The summed E-state index contributed by atoms with van der Waals surface area (Å²) < 4.78 is 2.64. The minimum Gasteiger partial charge on any atom is -0.309 e. The van der Waals surface area contributed by atoms with Crippen LogP contribution in [0.1, 0.15) is 48.8 Å². The van der Waals surface area contributed by atoms with Gasteiger partial charge in [-0.1, -0.05) is 115 Å². The average molecular weight is 726 g/mol. The molecule has 0 atom stereocenters. The lowest BCUT2D eigenvalue weighted by molar-refractivity contribution is -0.0399. The number of nitrogens with zero attached hydrogens (tertiary/aromatic N) is 1. The normalized spacial score (nSPS) is 23.1. The fraction of sp³-hybridized carbons (Fsp3) is 0.208. The van der Waals surface area contributed by atoms with Crippen molar-refractivity contribution in [1.29, 1.82) is 0 Å². The molecular formula is C53H43NS. The second-order valence-corrected chi connectivity index (χ2v) is 18.0. The zero-order chi connectivity index (χ0) is 36.3. The van der Waals surface area contributed by atoms with Gasteiger partial charge in [0.2, 0.25) is 0 Å². The van der Waals surface area contributed by atoms with Gasteiger partial charge in [-0.05, 0) is 155 Å². The third kappa shape index (κ3) is 4.64. The second kappa shape index (κ2) is 12.0. The maximum Gasteiger partial charge on any atom is 0.0640 e. The number of fused-ring (bicyclic) bond motifs is 6. The largest absolute Gasteiger partial charge is 0.309 e. The maximum absolute atomic E-state index is 2.56. The van der Waals surface area contributed by atoms with Crippen molar-refractivity contribution in [2.24, 2.45) is 23.7 Å². The Bertz CT molecular complexity index is 2760. The van der Waals surface area contributed by atoms with Gasteiger partial charge >= 0.3 is 0 Å². The summed E-state index contributed by atoms with van der Waals surface area (Å²) in [4.78, 5) is 2.47. The smallest absolute Gasteiger partial charge is 0.0640 e. The summed E-state index contributed by atoms with van der Waals surface area (Å²) in [5.41, 5.74) is 16.4. The van der Waals surface area contributed by atoms with Crippen LogP contribution in [-0.2, 0) is 5.41 Å². The van der Waals surface area contributed by atoms with Crippen LogP contribution in [0, 0.1) is 30.6 Å². The molecule has 55 heavy (non-hydrogen) atoms. The molecule has 4 saturated carbocycles. The number of aryl methyl sites for hydroxylation is 1. The highest BCUT2D eigenvalue weighted by Crippen LogP contribution is 2.69. The molecule has 4 bridgehead atoms. The molecule has 5 aliphatic rings. The monoisotopic (exact) mass is 725 g/mol. The summed E-state index contributed by atoms with van der Waals surface area (Å²) >= 11 is 1.89. The zero-order valence-electron chi connectivity index (χ0n) is 31.2. The quantitative estimate of drug-likeness (QED) is 0.171. The average Bonchev–Trinajstić information content (AvgIpc) is 3.75. The molecule has 0 saturated heterocycles. The minimum absolute atomic E-state index is 0.209. The van der Waals surface area contributed by atoms with Crippen LogP contribution in [0.4, 0.5) is 17.1 Å².